The van der Waals surface area contributed by atoms with Crippen molar-refractivity contribution in [3.8, 4) is 5.75 Å². The van der Waals surface area contributed by atoms with Gasteiger partial charge in [0.25, 0.3) is 0 Å². The molecule has 3 heteroatoms. The Bertz CT molecular complexity index is 599. The number of benzene rings is 2. The van der Waals surface area contributed by atoms with Gasteiger partial charge in [-0.05, 0) is 66.8 Å². The number of rotatable bonds is 5. The highest BCUT2D eigenvalue weighted by Gasteiger charge is 2.17. The summed E-state index contributed by atoms with van der Waals surface area (Å²) in [5.74, 6) is 0.465. The van der Waals surface area contributed by atoms with Crippen LogP contribution in [0.5, 0.6) is 5.75 Å². The van der Waals surface area contributed by atoms with E-state index in [4.69, 9.17) is 4.74 Å². The number of aryl methyl sites for hydroxylation is 2. The summed E-state index contributed by atoms with van der Waals surface area (Å²) in [7, 11) is 0. The minimum atomic E-state index is -0.782. The number of aliphatic hydroxyl groups excluding tert-OH is 1. The summed E-state index contributed by atoms with van der Waals surface area (Å²) in [6.45, 7) is 6.32. The molecule has 0 aromatic heterocycles. The van der Waals surface area contributed by atoms with Crippen LogP contribution in [0, 0.1) is 19.7 Å². The van der Waals surface area contributed by atoms with E-state index in [1.165, 1.54) is 12.1 Å². The van der Waals surface area contributed by atoms with Gasteiger partial charge in [-0.1, -0.05) is 19.1 Å². The van der Waals surface area contributed by atoms with Crippen molar-refractivity contribution in [1.29, 1.82) is 0 Å². The molecule has 2 aromatic rings. The average Bonchev–Trinajstić information content (AvgIpc) is 2.44. The molecule has 112 valence electrons. The lowest BCUT2D eigenvalue weighted by Gasteiger charge is -2.18. The molecule has 0 amide bonds. The first kappa shape index (κ1) is 15.5. The predicted octanol–water partition coefficient (Wildman–Crippen LogP) is 4.31. The molecule has 1 N–H and O–H groups in total. The summed E-state index contributed by atoms with van der Waals surface area (Å²) >= 11 is 0. The molecule has 0 aliphatic heterocycles. The molecule has 0 radical (unpaired) electrons. The predicted molar refractivity (Wildman–Crippen MR) is 82.2 cm³/mol. The Hall–Kier alpha value is -1.87. The molecule has 1 unspecified atom stereocenters. The van der Waals surface area contributed by atoms with E-state index in [9.17, 15) is 9.50 Å². The van der Waals surface area contributed by atoms with Crippen LogP contribution >= 0.6 is 0 Å². The number of halogens is 1. The van der Waals surface area contributed by atoms with Crippen molar-refractivity contribution in [3.05, 3.63) is 64.5 Å². The molecule has 0 saturated heterocycles. The monoisotopic (exact) mass is 288 g/mol. The van der Waals surface area contributed by atoms with E-state index in [-0.39, 0.29) is 5.82 Å². The van der Waals surface area contributed by atoms with E-state index in [0.717, 1.165) is 34.4 Å². The van der Waals surface area contributed by atoms with E-state index in [0.29, 0.717) is 6.61 Å². The average molecular weight is 288 g/mol. The van der Waals surface area contributed by atoms with Crippen LogP contribution < -0.4 is 4.74 Å². The van der Waals surface area contributed by atoms with E-state index in [1.54, 1.807) is 0 Å². The zero-order valence-electron chi connectivity index (χ0n) is 12.7. The third-order valence-corrected chi connectivity index (χ3v) is 3.48. The van der Waals surface area contributed by atoms with Crippen LogP contribution in [-0.2, 0) is 0 Å². The lowest BCUT2D eigenvalue weighted by Crippen LogP contribution is -2.06. The zero-order chi connectivity index (χ0) is 15.4. The second-order valence-corrected chi connectivity index (χ2v) is 5.28. The number of aliphatic hydroxyl groups is 1. The SMILES string of the molecule is CCCOc1cccc(C(O)c2c(C)cc(F)cc2C)c1. The fourth-order valence-corrected chi connectivity index (χ4v) is 2.51. The molecule has 0 bridgehead atoms. The van der Waals surface area contributed by atoms with Crippen LogP contribution in [-0.4, -0.2) is 11.7 Å². The largest absolute Gasteiger partial charge is 0.494 e. The summed E-state index contributed by atoms with van der Waals surface area (Å²) in [5.41, 5.74) is 3.00. The molecule has 0 saturated carbocycles. The van der Waals surface area contributed by atoms with Crippen molar-refractivity contribution in [2.24, 2.45) is 0 Å². The minimum Gasteiger partial charge on any atom is -0.494 e. The van der Waals surface area contributed by atoms with Crippen molar-refractivity contribution >= 4 is 0 Å². The smallest absolute Gasteiger partial charge is 0.123 e. The van der Waals surface area contributed by atoms with Gasteiger partial charge in [0.15, 0.2) is 0 Å². The lowest BCUT2D eigenvalue weighted by molar-refractivity contribution is 0.217. The van der Waals surface area contributed by atoms with Gasteiger partial charge < -0.3 is 9.84 Å². The highest BCUT2D eigenvalue weighted by molar-refractivity contribution is 5.42. The van der Waals surface area contributed by atoms with Crippen LogP contribution in [0.1, 0.15) is 41.7 Å². The quantitative estimate of drug-likeness (QED) is 0.888. The molecular weight excluding hydrogens is 267 g/mol. The molecule has 21 heavy (non-hydrogen) atoms. The Kier molecular flexibility index (Phi) is 4.97. The molecule has 2 nitrogen and oxygen atoms in total. The van der Waals surface area contributed by atoms with Gasteiger partial charge in [-0.3, -0.25) is 0 Å². The van der Waals surface area contributed by atoms with Crippen molar-refractivity contribution in [2.75, 3.05) is 6.61 Å². The number of hydrogen-bond acceptors (Lipinski definition) is 2. The van der Waals surface area contributed by atoms with Gasteiger partial charge in [0.2, 0.25) is 0 Å². The molecule has 0 fully saturated rings. The van der Waals surface area contributed by atoms with Crippen molar-refractivity contribution in [3.63, 3.8) is 0 Å². The summed E-state index contributed by atoms with van der Waals surface area (Å²) < 4.78 is 19.0. The minimum absolute atomic E-state index is 0.277. The normalized spacial score (nSPS) is 12.2. The Morgan fingerprint density at radius 3 is 2.43 bits per heavy atom. The Morgan fingerprint density at radius 2 is 1.81 bits per heavy atom. The second kappa shape index (κ2) is 6.72. The van der Waals surface area contributed by atoms with Crippen LogP contribution in [0.2, 0.25) is 0 Å². The number of hydrogen-bond donors (Lipinski definition) is 1. The summed E-state index contributed by atoms with van der Waals surface area (Å²) in [6.07, 6.45) is 0.152. The van der Waals surface area contributed by atoms with Crippen LogP contribution in [0.4, 0.5) is 4.39 Å². The van der Waals surface area contributed by atoms with Crippen LogP contribution in [0.25, 0.3) is 0 Å². The Labute approximate surface area is 125 Å². The fraction of sp³-hybridized carbons (Fsp3) is 0.333. The van der Waals surface area contributed by atoms with Gasteiger partial charge in [0, 0.05) is 0 Å². The maximum absolute atomic E-state index is 13.4. The lowest BCUT2D eigenvalue weighted by atomic mass is 9.93. The first-order valence-electron chi connectivity index (χ1n) is 7.20. The first-order valence-corrected chi connectivity index (χ1v) is 7.20. The molecule has 0 aliphatic rings. The summed E-state index contributed by atoms with van der Waals surface area (Å²) in [5, 5.41) is 10.6. The van der Waals surface area contributed by atoms with Gasteiger partial charge in [-0.25, -0.2) is 4.39 Å². The van der Waals surface area contributed by atoms with Crippen LogP contribution in [0.3, 0.4) is 0 Å². The van der Waals surface area contributed by atoms with Gasteiger partial charge in [0.1, 0.15) is 17.7 Å². The molecule has 0 spiro atoms. The molecule has 1 atom stereocenters. The standard InChI is InChI=1S/C18H21FO2/c1-4-8-21-16-7-5-6-14(11-16)18(20)17-12(2)9-15(19)10-13(17)3/h5-7,9-11,18,20H,4,8H2,1-3H3. The second-order valence-electron chi connectivity index (χ2n) is 5.28. The fourth-order valence-electron chi connectivity index (χ4n) is 2.51. The summed E-state index contributed by atoms with van der Waals surface area (Å²) in [4.78, 5) is 0. The third-order valence-electron chi connectivity index (χ3n) is 3.48. The highest BCUT2D eigenvalue weighted by Crippen LogP contribution is 2.30. The Morgan fingerprint density at radius 1 is 1.14 bits per heavy atom. The van der Waals surface area contributed by atoms with Gasteiger partial charge in [-0.15, -0.1) is 0 Å². The van der Waals surface area contributed by atoms with Crippen LogP contribution in [0.15, 0.2) is 36.4 Å². The van der Waals surface area contributed by atoms with Gasteiger partial charge >= 0.3 is 0 Å². The van der Waals surface area contributed by atoms with Crippen molar-refractivity contribution < 1.29 is 14.2 Å². The molecule has 2 aromatic carbocycles. The van der Waals surface area contributed by atoms with Crippen molar-refractivity contribution in [2.45, 2.75) is 33.3 Å². The Balaban J connectivity index is 2.34. The van der Waals surface area contributed by atoms with E-state index >= 15 is 0 Å². The third kappa shape index (κ3) is 3.61. The molecular formula is C18H21FO2. The topological polar surface area (TPSA) is 29.5 Å². The molecule has 2 rings (SSSR count). The maximum Gasteiger partial charge on any atom is 0.123 e. The maximum atomic E-state index is 13.4. The van der Waals surface area contributed by atoms with Gasteiger partial charge in [0.05, 0.1) is 6.61 Å². The van der Waals surface area contributed by atoms with E-state index < -0.39 is 6.10 Å². The summed E-state index contributed by atoms with van der Waals surface area (Å²) in [6, 6.07) is 10.3. The van der Waals surface area contributed by atoms with Gasteiger partial charge in [-0.2, -0.15) is 0 Å². The van der Waals surface area contributed by atoms with E-state index in [2.05, 4.69) is 0 Å². The highest BCUT2D eigenvalue weighted by atomic mass is 19.1. The first-order chi connectivity index (χ1) is 10.0. The molecule has 0 aliphatic carbocycles. The van der Waals surface area contributed by atoms with E-state index in [1.807, 2.05) is 45.0 Å². The van der Waals surface area contributed by atoms with Crippen molar-refractivity contribution in [1.82, 2.24) is 0 Å². The molecule has 0 heterocycles. The number of ether oxygens (including phenoxy) is 1. The zero-order valence-corrected chi connectivity index (χ0v) is 12.7.